The number of amides is 1. The molecule has 2 N–H and O–H groups in total. The third kappa shape index (κ3) is 4.72. The lowest BCUT2D eigenvalue weighted by atomic mass is 10.2. The van der Waals surface area contributed by atoms with Gasteiger partial charge in [0.15, 0.2) is 11.7 Å². The molecule has 0 aliphatic heterocycles. The fourth-order valence-corrected chi connectivity index (χ4v) is 2.49. The Balaban J connectivity index is 1.64. The minimum absolute atomic E-state index is 0.0424. The number of nitrogens with zero attached hydrogens (tertiary/aromatic N) is 1. The zero-order valence-corrected chi connectivity index (χ0v) is 15.1. The fraction of sp³-hybridized carbons (Fsp3) is 0.158. The number of H-pyrrole nitrogens is 1. The van der Waals surface area contributed by atoms with Crippen LogP contribution in [0.1, 0.15) is 22.7 Å². The Hall–Kier alpha value is -3.82. The van der Waals surface area contributed by atoms with Gasteiger partial charge in [0.25, 0.3) is 5.56 Å². The van der Waals surface area contributed by atoms with Crippen molar-refractivity contribution in [2.45, 2.75) is 12.8 Å². The second-order valence-electron chi connectivity index (χ2n) is 5.91. The maximum Gasteiger partial charge on any atom is 0.339 e. The van der Waals surface area contributed by atoms with Crippen molar-refractivity contribution in [3.8, 4) is 11.3 Å². The number of aryl methyl sites for hydroxylation is 1. The van der Waals surface area contributed by atoms with Gasteiger partial charge in [-0.2, -0.15) is 0 Å². The van der Waals surface area contributed by atoms with E-state index in [9.17, 15) is 23.2 Å². The number of aromatic nitrogens is 2. The molecule has 0 bridgehead atoms. The molecular weight excluding hydrogens is 388 g/mol. The molecule has 1 amide bonds. The number of anilines is 1. The van der Waals surface area contributed by atoms with E-state index in [0.29, 0.717) is 0 Å². The zero-order valence-electron chi connectivity index (χ0n) is 15.1. The largest absolute Gasteiger partial charge is 0.465 e. The van der Waals surface area contributed by atoms with E-state index < -0.39 is 29.1 Å². The van der Waals surface area contributed by atoms with E-state index in [2.05, 4.69) is 20.0 Å². The zero-order chi connectivity index (χ0) is 21.0. The molecule has 1 aromatic carbocycles. The van der Waals surface area contributed by atoms with E-state index in [-0.39, 0.29) is 41.3 Å². The Bertz CT molecular complexity index is 1120. The molecule has 0 saturated heterocycles. The lowest BCUT2D eigenvalue weighted by Crippen LogP contribution is -2.21. The monoisotopic (exact) mass is 403 g/mol. The van der Waals surface area contributed by atoms with Gasteiger partial charge in [0.1, 0.15) is 17.3 Å². The standard InChI is InChI=1S/C19H15F2N3O5/c1-28-19(27)10-6-14(18(26)23-8-10)24-16(25)4-5-17-22-9-15(29-17)12-3-2-11(20)7-13(12)21/h2-3,6-9H,4-5H2,1H3,(H,23,26)(H,24,25). The summed E-state index contributed by atoms with van der Waals surface area (Å²) in [5, 5.41) is 2.39. The van der Waals surface area contributed by atoms with Crippen LogP contribution in [0.3, 0.4) is 0 Å². The number of nitrogens with one attached hydrogen (secondary N) is 2. The molecule has 2 aromatic heterocycles. The van der Waals surface area contributed by atoms with E-state index in [1.807, 2.05) is 0 Å². The van der Waals surface area contributed by atoms with Crippen LogP contribution < -0.4 is 10.9 Å². The molecular formula is C19H15F2N3O5. The van der Waals surface area contributed by atoms with Crippen molar-refractivity contribution in [3.63, 3.8) is 0 Å². The number of hydrogen-bond acceptors (Lipinski definition) is 6. The smallest absolute Gasteiger partial charge is 0.339 e. The third-order valence-electron chi connectivity index (χ3n) is 3.91. The minimum Gasteiger partial charge on any atom is -0.465 e. The van der Waals surface area contributed by atoms with Crippen molar-refractivity contribution in [1.82, 2.24) is 9.97 Å². The first-order valence-corrected chi connectivity index (χ1v) is 8.38. The number of carbonyl (C=O) groups is 2. The van der Waals surface area contributed by atoms with Crippen LogP contribution in [-0.4, -0.2) is 29.0 Å². The molecule has 0 unspecified atom stereocenters. The van der Waals surface area contributed by atoms with Crippen molar-refractivity contribution in [1.29, 1.82) is 0 Å². The molecule has 0 saturated carbocycles. The summed E-state index contributed by atoms with van der Waals surface area (Å²) in [6, 6.07) is 4.24. The maximum atomic E-state index is 13.8. The molecule has 3 rings (SSSR count). The molecule has 29 heavy (non-hydrogen) atoms. The molecule has 0 spiro atoms. The lowest BCUT2D eigenvalue weighted by molar-refractivity contribution is -0.116. The van der Waals surface area contributed by atoms with Crippen LogP contribution in [-0.2, 0) is 16.0 Å². The second kappa shape index (κ2) is 8.46. The van der Waals surface area contributed by atoms with Crippen LogP contribution in [0.5, 0.6) is 0 Å². The first-order valence-electron chi connectivity index (χ1n) is 8.38. The van der Waals surface area contributed by atoms with Gasteiger partial charge in [-0.25, -0.2) is 18.6 Å². The van der Waals surface area contributed by atoms with Gasteiger partial charge in [-0.1, -0.05) is 0 Å². The number of aromatic amines is 1. The van der Waals surface area contributed by atoms with E-state index in [1.165, 1.54) is 31.6 Å². The van der Waals surface area contributed by atoms with Gasteiger partial charge in [-0.15, -0.1) is 0 Å². The molecule has 8 nitrogen and oxygen atoms in total. The Labute approximate surface area is 162 Å². The number of methoxy groups -OCH3 is 1. The summed E-state index contributed by atoms with van der Waals surface area (Å²) in [7, 11) is 1.19. The number of hydrogen-bond donors (Lipinski definition) is 2. The topological polar surface area (TPSA) is 114 Å². The summed E-state index contributed by atoms with van der Waals surface area (Å²) in [4.78, 5) is 41.7. The minimum atomic E-state index is -0.796. The quantitative estimate of drug-likeness (QED) is 0.612. The maximum absolute atomic E-state index is 13.8. The highest BCUT2D eigenvalue weighted by atomic mass is 19.1. The summed E-state index contributed by atoms with van der Waals surface area (Å²) in [6.45, 7) is 0. The number of halogens is 2. The van der Waals surface area contributed by atoms with E-state index >= 15 is 0 Å². The molecule has 0 fully saturated rings. The summed E-state index contributed by atoms with van der Waals surface area (Å²) < 4.78 is 36.7. The van der Waals surface area contributed by atoms with Gasteiger partial charge in [-0.3, -0.25) is 9.59 Å². The van der Waals surface area contributed by atoms with Gasteiger partial charge in [-0.05, 0) is 18.2 Å². The first kappa shape index (κ1) is 19.9. The van der Waals surface area contributed by atoms with Crippen LogP contribution >= 0.6 is 0 Å². The highest BCUT2D eigenvalue weighted by molar-refractivity contribution is 5.94. The predicted octanol–water partition coefficient (Wildman–Crippen LogP) is 2.67. The number of carbonyl (C=O) groups excluding carboxylic acids is 2. The molecule has 0 atom stereocenters. The van der Waals surface area contributed by atoms with Crippen molar-refractivity contribution < 1.29 is 27.5 Å². The van der Waals surface area contributed by atoms with Crippen LogP contribution in [0.2, 0.25) is 0 Å². The van der Waals surface area contributed by atoms with Gasteiger partial charge in [0.2, 0.25) is 5.91 Å². The van der Waals surface area contributed by atoms with E-state index in [1.54, 1.807) is 0 Å². The number of esters is 1. The molecule has 0 aliphatic carbocycles. The Morgan fingerprint density at radius 1 is 1.28 bits per heavy atom. The molecule has 10 heteroatoms. The molecule has 0 radical (unpaired) electrons. The Morgan fingerprint density at radius 3 is 2.79 bits per heavy atom. The van der Waals surface area contributed by atoms with Gasteiger partial charge >= 0.3 is 5.97 Å². The first-order chi connectivity index (χ1) is 13.9. The molecule has 3 aromatic rings. The summed E-state index contributed by atoms with van der Waals surface area (Å²) in [5.74, 6) is -2.44. The second-order valence-corrected chi connectivity index (χ2v) is 5.91. The number of oxazole rings is 1. The third-order valence-corrected chi connectivity index (χ3v) is 3.91. The number of pyridine rings is 1. The van der Waals surface area contributed by atoms with Gasteiger partial charge in [0.05, 0.1) is 24.4 Å². The van der Waals surface area contributed by atoms with Crippen LogP contribution in [0.15, 0.2) is 45.9 Å². The summed E-state index contributed by atoms with van der Waals surface area (Å²) >= 11 is 0. The van der Waals surface area contributed by atoms with Crippen LogP contribution in [0.25, 0.3) is 11.3 Å². The van der Waals surface area contributed by atoms with Crippen LogP contribution in [0.4, 0.5) is 14.5 Å². The molecule has 0 aliphatic rings. The molecule has 150 valence electrons. The Kier molecular flexibility index (Phi) is 5.82. The fourth-order valence-electron chi connectivity index (χ4n) is 2.49. The van der Waals surface area contributed by atoms with Gasteiger partial charge < -0.3 is 19.5 Å². The highest BCUT2D eigenvalue weighted by Crippen LogP contribution is 2.24. The van der Waals surface area contributed by atoms with Crippen molar-refractivity contribution in [3.05, 3.63) is 70.1 Å². The van der Waals surface area contributed by atoms with Crippen molar-refractivity contribution in [2.24, 2.45) is 0 Å². The van der Waals surface area contributed by atoms with E-state index in [4.69, 9.17) is 4.42 Å². The normalized spacial score (nSPS) is 10.6. The number of benzene rings is 1. The van der Waals surface area contributed by atoms with Crippen molar-refractivity contribution >= 4 is 17.6 Å². The van der Waals surface area contributed by atoms with E-state index in [0.717, 1.165) is 12.1 Å². The highest BCUT2D eigenvalue weighted by Gasteiger charge is 2.14. The predicted molar refractivity (Wildman–Crippen MR) is 97.2 cm³/mol. The SMILES string of the molecule is COC(=O)c1c[nH]c(=O)c(NC(=O)CCc2ncc(-c3ccc(F)cc3F)o2)c1. The number of ether oxygens (including phenoxy) is 1. The summed E-state index contributed by atoms with van der Waals surface area (Å²) in [5.41, 5.74) is -0.586. The van der Waals surface area contributed by atoms with Crippen LogP contribution in [0, 0.1) is 11.6 Å². The lowest BCUT2D eigenvalue weighted by Gasteiger charge is -2.05. The Morgan fingerprint density at radius 2 is 2.07 bits per heavy atom. The molecule has 2 heterocycles. The average Bonchev–Trinajstić information content (AvgIpc) is 3.16. The average molecular weight is 403 g/mol. The van der Waals surface area contributed by atoms with Crippen molar-refractivity contribution in [2.75, 3.05) is 12.4 Å². The summed E-state index contributed by atoms with van der Waals surface area (Å²) in [6.07, 6.45) is 2.43. The van der Waals surface area contributed by atoms with Gasteiger partial charge in [0, 0.05) is 25.1 Å². The number of rotatable bonds is 6.